The van der Waals surface area contributed by atoms with Crippen molar-refractivity contribution in [2.45, 2.75) is 39.2 Å². The maximum absolute atomic E-state index is 12.1. The Kier molecular flexibility index (Phi) is 6.24. The largest absolute Gasteiger partial charge is 0.493 e. The van der Waals surface area contributed by atoms with Crippen molar-refractivity contribution >= 4 is 17.7 Å². The molecule has 0 unspecified atom stereocenters. The summed E-state index contributed by atoms with van der Waals surface area (Å²) in [7, 11) is 0. The van der Waals surface area contributed by atoms with Crippen LogP contribution in [0.25, 0.3) is 0 Å². The molecule has 0 aliphatic carbocycles. The highest BCUT2D eigenvalue weighted by atomic mass is 16.6. The van der Waals surface area contributed by atoms with Crippen molar-refractivity contribution in [2.75, 3.05) is 19.7 Å². The van der Waals surface area contributed by atoms with E-state index in [4.69, 9.17) is 15.2 Å². The molecule has 148 valence electrons. The van der Waals surface area contributed by atoms with E-state index >= 15 is 0 Å². The van der Waals surface area contributed by atoms with Crippen LogP contribution in [0.15, 0.2) is 18.2 Å². The van der Waals surface area contributed by atoms with Crippen molar-refractivity contribution in [3.8, 4) is 5.75 Å². The lowest BCUT2D eigenvalue weighted by Crippen LogP contribution is -2.42. The summed E-state index contributed by atoms with van der Waals surface area (Å²) in [5.74, 6) is -0.294. The molecule has 2 amide bonds. The quantitative estimate of drug-likeness (QED) is 0.619. The highest BCUT2D eigenvalue weighted by Gasteiger charge is 2.27. The molecule has 1 aliphatic rings. The molecule has 27 heavy (non-hydrogen) atoms. The minimum Gasteiger partial charge on any atom is -0.493 e. The number of ether oxygens (including phenoxy) is 2. The van der Waals surface area contributed by atoms with E-state index in [1.54, 1.807) is 4.90 Å². The predicted octanol–water partition coefficient (Wildman–Crippen LogP) is 2.72. The number of nitrogens with two attached hydrogens (primary N) is 1. The molecule has 1 aromatic carbocycles. The fourth-order valence-corrected chi connectivity index (χ4v) is 2.78. The molecule has 1 fully saturated rings. The Balaban J connectivity index is 1.88. The van der Waals surface area contributed by atoms with Gasteiger partial charge in [-0.15, -0.1) is 0 Å². The lowest BCUT2D eigenvalue weighted by molar-refractivity contribution is -0.385. The van der Waals surface area contributed by atoms with E-state index in [0.29, 0.717) is 25.4 Å². The zero-order chi connectivity index (χ0) is 20.2. The molecule has 0 saturated carbocycles. The first-order chi connectivity index (χ1) is 12.6. The number of likely N-dealkylation sites (tertiary alicyclic amines) is 1. The van der Waals surface area contributed by atoms with Gasteiger partial charge >= 0.3 is 6.09 Å². The molecule has 1 heterocycles. The number of amides is 2. The fraction of sp³-hybridized carbons (Fsp3) is 0.556. The molecule has 2 N–H and O–H groups in total. The molecule has 9 heteroatoms. The van der Waals surface area contributed by atoms with Gasteiger partial charge in [0.15, 0.2) is 0 Å². The van der Waals surface area contributed by atoms with Crippen LogP contribution in [-0.2, 0) is 4.74 Å². The van der Waals surface area contributed by atoms with Crippen molar-refractivity contribution in [3.05, 3.63) is 33.9 Å². The second-order valence-corrected chi connectivity index (χ2v) is 7.52. The minimum atomic E-state index is -0.877. The van der Waals surface area contributed by atoms with Crippen molar-refractivity contribution in [1.29, 1.82) is 0 Å². The van der Waals surface area contributed by atoms with E-state index in [0.717, 1.165) is 12.8 Å². The topological polar surface area (TPSA) is 125 Å². The molecule has 0 bridgehead atoms. The summed E-state index contributed by atoms with van der Waals surface area (Å²) in [5.41, 5.74) is 4.15. The standard InChI is InChI=1S/C18H25N3O6/c1-18(2,3)27-17(23)20-8-6-12(7-9-20)11-26-13-4-5-15(21(24)25)14(10-13)16(19)22/h4-5,10,12H,6-9,11H2,1-3H3,(H2,19,22). The molecule has 2 rings (SSSR count). The summed E-state index contributed by atoms with van der Waals surface area (Å²) in [6.07, 6.45) is 1.20. The minimum absolute atomic E-state index is 0.183. The number of carbonyl (C=O) groups excluding carboxylic acids is 2. The summed E-state index contributed by atoms with van der Waals surface area (Å²) in [4.78, 5) is 35.4. The van der Waals surface area contributed by atoms with Gasteiger partial charge in [0, 0.05) is 19.2 Å². The third-order valence-electron chi connectivity index (χ3n) is 4.18. The Morgan fingerprint density at radius 3 is 2.44 bits per heavy atom. The van der Waals surface area contributed by atoms with Crippen LogP contribution in [0.5, 0.6) is 5.75 Å². The van der Waals surface area contributed by atoms with Crippen molar-refractivity contribution in [2.24, 2.45) is 11.7 Å². The lowest BCUT2D eigenvalue weighted by Gasteiger charge is -2.33. The van der Waals surface area contributed by atoms with E-state index in [1.807, 2.05) is 20.8 Å². The maximum Gasteiger partial charge on any atom is 0.410 e. The average molecular weight is 379 g/mol. The van der Waals surface area contributed by atoms with Crippen LogP contribution >= 0.6 is 0 Å². The Hall–Kier alpha value is -2.84. The predicted molar refractivity (Wildman–Crippen MR) is 97.6 cm³/mol. The number of nitro groups is 1. The van der Waals surface area contributed by atoms with Gasteiger partial charge in [0.1, 0.15) is 16.9 Å². The van der Waals surface area contributed by atoms with E-state index in [-0.39, 0.29) is 23.3 Å². The number of hydrogen-bond donors (Lipinski definition) is 1. The number of nitrogens with zero attached hydrogens (tertiary/aromatic N) is 2. The molecule has 0 spiro atoms. The van der Waals surface area contributed by atoms with E-state index < -0.39 is 16.4 Å². The monoisotopic (exact) mass is 379 g/mol. The molecule has 0 atom stereocenters. The molecule has 1 aromatic rings. The molecule has 1 aliphatic heterocycles. The summed E-state index contributed by atoms with van der Waals surface area (Å²) < 4.78 is 11.0. The van der Waals surface area contributed by atoms with Gasteiger partial charge in [0.25, 0.3) is 11.6 Å². The van der Waals surface area contributed by atoms with Crippen molar-refractivity contribution in [3.63, 3.8) is 0 Å². The van der Waals surface area contributed by atoms with Crippen LogP contribution in [0.3, 0.4) is 0 Å². The lowest BCUT2D eigenvalue weighted by atomic mass is 9.98. The number of benzene rings is 1. The van der Waals surface area contributed by atoms with Gasteiger partial charge in [0.2, 0.25) is 0 Å². The van der Waals surface area contributed by atoms with Crippen LogP contribution in [0.2, 0.25) is 0 Å². The normalized spacial score (nSPS) is 15.3. The molecular formula is C18H25N3O6. The third-order valence-corrected chi connectivity index (χ3v) is 4.18. The van der Waals surface area contributed by atoms with Gasteiger partial charge < -0.3 is 20.1 Å². The Morgan fingerprint density at radius 1 is 1.30 bits per heavy atom. The zero-order valence-corrected chi connectivity index (χ0v) is 15.8. The zero-order valence-electron chi connectivity index (χ0n) is 15.8. The third kappa shape index (κ3) is 5.83. The van der Waals surface area contributed by atoms with E-state index in [2.05, 4.69) is 0 Å². The maximum atomic E-state index is 12.1. The fourth-order valence-electron chi connectivity index (χ4n) is 2.78. The summed E-state index contributed by atoms with van der Waals surface area (Å²) in [6, 6.07) is 3.94. The summed E-state index contributed by atoms with van der Waals surface area (Å²) in [5, 5.41) is 10.9. The molecule has 0 radical (unpaired) electrons. The van der Waals surface area contributed by atoms with Crippen molar-refractivity contribution in [1.82, 2.24) is 4.90 Å². The second kappa shape index (κ2) is 8.24. The first-order valence-electron chi connectivity index (χ1n) is 8.76. The van der Waals surface area contributed by atoms with Crippen LogP contribution in [0.4, 0.5) is 10.5 Å². The number of piperidine rings is 1. The molecule has 9 nitrogen and oxygen atoms in total. The van der Waals surface area contributed by atoms with Gasteiger partial charge in [-0.1, -0.05) is 0 Å². The first-order valence-corrected chi connectivity index (χ1v) is 8.76. The summed E-state index contributed by atoms with van der Waals surface area (Å²) in [6.45, 7) is 7.03. The van der Waals surface area contributed by atoms with E-state index in [1.165, 1.54) is 18.2 Å². The Labute approximate surface area is 157 Å². The van der Waals surface area contributed by atoms with Crippen LogP contribution < -0.4 is 10.5 Å². The number of primary amides is 1. The van der Waals surface area contributed by atoms with Crippen LogP contribution in [-0.4, -0.2) is 47.1 Å². The average Bonchev–Trinajstić information content (AvgIpc) is 2.58. The van der Waals surface area contributed by atoms with Gasteiger partial charge in [-0.2, -0.15) is 0 Å². The van der Waals surface area contributed by atoms with Gasteiger partial charge in [0.05, 0.1) is 11.5 Å². The van der Waals surface area contributed by atoms with Crippen LogP contribution in [0, 0.1) is 16.0 Å². The van der Waals surface area contributed by atoms with Gasteiger partial charge in [-0.3, -0.25) is 14.9 Å². The van der Waals surface area contributed by atoms with Crippen LogP contribution in [0.1, 0.15) is 44.0 Å². The SMILES string of the molecule is CC(C)(C)OC(=O)N1CCC(COc2ccc([N+](=O)[O-])c(C(N)=O)c2)CC1. The molecule has 0 aromatic heterocycles. The van der Waals surface area contributed by atoms with Gasteiger partial charge in [-0.05, 0) is 51.7 Å². The summed E-state index contributed by atoms with van der Waals surface area (Å²) >= 11 is 0. The number of hydrogen-bond acceptors (Lipinski definition) is 6. The van der Waals surface area contributed by atoms with Crippen molar-refractivity contribution < 1.29 is 24.0 Å². The number of carbonyl (C=O) groups is 2. The smallest absolute Gasteiger partial charge is 0.410 e. The first kappa shape index (κ1) is 20.5. The highest BCUT2D eigenvalue weighted by Crippen LogP contribution is 2.25. The Bertz CT molecular complexity index is 720. The number of rotatable bonds is 5. The second-order valence-electron chi connectivity index (χ2n) is 7.52. The highest BCUT2D eigenvalue weighted by molar-refractivity contribution is 5.97. The Morgan fingerprint density at radius 2 is 1.93 bits per heavy atom. The van der Waals surface area contributed by atoms with E-state index in [9.17, 15) is 19.7 Å². The van der Waals surface area contributed by atoms with Gasteiger partial charge in [-0.25, -0.2) is 4.79 Å². The molecular weight excluding hydrogens is 354 g/mol. The number of nitro benzene ring substituents is 1. The molecule has 1 saturated heterocycles.